The number of nitrogens with one attached hydrogen (secondary N) is 2. The van der Waals surface area contributed by atoms with Gasteiger partial charge in [0.05, 0.1) is 7.11 Å². The van der Waals surface area contributed by atoms with Crippen molar-refractivity contribution in [1.29, 1.82) is 0 Å². The smallest absolute Gasteiger partial charge is 0.250 e. The van der Waals surface area contributed by atoms with E-state index in [1.165, 1.54) is 11.1 Å². The topological polar surface area (TPSA) is 67.7 Å². The zero-order valence-electron chi connectivity index (χ0n) is 16.5. The lowest BCUT2D eigenvalue weighted by molar-refractivity contribution is 0.409. The Labute approximate surface area is 161 Å². The predicted octanol–water partition coefficient (Wildman–Crippen LogP) is 2.35. The first-order chi connectivity index (χ1) is 13.1. The predicted molar refractivity (Wildman–Crippen MR) is 111 cm³/mol. The van der Waals surface area contributed by atoms with Gasteiger partial charge in [0.1, 0.15) is 5.75 Å². The molecule has 0 aliphatic carbocycles. The number of aryl methyl sites for hydroxylation is 2. The number of methoxy groups -OCH3 is 1. The Balaban J connectivity index is 1.68. The molecule has 2 aromatic rings. The molecule has 0 aliphatic heterocycles. The van der Waals surface area contributed by atoms with Gasteiger partial charge in [0.15, 0.2) is 5.96 Å². The number of pyridine rings is 1. The fourth-order valence-corrected chi connectivity index (χ4v) is 2.90. The van der Waals surface area contributed by atoms with Gasteiger partial charge in [0.2, 0.25) is 5.56 Å². The number of benzene rings is 1. The van der Waals surface area contributed by atoms with Crippen molar-refractivity contribution >= 4 is 5.96 Å². The largest absolute Gasteiger partial charge is 0.496 e. The van der Waals surface area contributed by atoms with E-state index in [1.54, 1.807) is 30.9 Å². The minimum absolute atomic E-state index is 0.0505. The molecule has 0 aliphatic rings. The molecule has 2 rings (SSSR count). The van der Waals surface area contributed by atoms with E-state index < -0.39 is 0 Å². The number of rotatable bonds is 9. The second kappa shape index (κ2) is 11.1. The molecule has 0 amide bonds. The van der Waals surface area contributed by atoms with Gasteiger partial charge in [0.25, 0.3) is 0 Å². The highest BCUT2D eigenvalue weighted by Gasteiger charge is 2.04. The van der Waals surface area contributed by atoms with Gasteiger partial charge in [-0.3, -0.25) is 9.79 Å². The van der Waals surface area contributed by atoms with Crippen molar-refractivity contribution in [1.82, 2.24) is 15.2 Å². The summed E-state index contributed by atoms with van der Waals surface area (Å²) in [6.45, 7) is 4.41. The molecule has 0 fully saturated rings. The van der Waals surface area contributed by atoms with Crippen LogP contribution < -0.4 is 20.9 Å². The molecule has 1 aromatic carbocycles. The highest BCUT2D eigenvalue weighted by Crippen LogP contribution is 2.19. The van der Waals surface area contributed by atoms with Crippen LogP contribution in [-0.4, -0.2) is 37.8 Å². The van der Waals surface area contributed by atoms with E-state index in [2.05, 4.69) is 34.7 Å². The minimum Gasteiger partial charge on any atom is -0.496 e. The van der Waals surface area contributed by atoms with Crippen molar-refractivity contribution in [3.8, 4) is 5.75 Å². The number of hydrogen-bond donors (Lipinski definition) is 2. The maximum absolute atomic E-state index is 11.6. The standard InChI is InChI=1S/C21H30N4O2/c1-17-9-10-19(27-3)18(16-17)11-13-24-21(22-2)23-12-5-7-15-25-14-6-4-8-20(25)26/h4,6,8-10,14,16H,5,7,11-13,15H2,1-3H3,(H2,22,23,24). The zero-order valence-corrected chi connectivity index (χ0v) is 16.5. The van der Waals surface area contributed by atoms with Crippen LogP contribution in [0.2, 0.25) is 0 Å². The van der Waals surface area contributed by atoms with Gasteiger partial charge in [-0.15, -0.1) is 0 Å². The number of ether oxygens (including phenoxy) is 1. The van der Waals surface area contributed by atoms with Crippen molar-refractivity contribution in [3.05, 3.63) is 64.1 Å². The summed E-state index contributed by atoms with van der Waals surface area (Å²) in [7, 11) is 3.47. The van der Waals surface area contributed by atoms with Crippen LogP contribution in [0.5, 0.6) is 5.75 Å². The maximum atomic E-state index is 11.6. The van der Waals surface area contributed by atoms with E-state index in [9.17, 15) is 4.79 Å². The molecular weight excluding hydrogens is 340 g/mol. The van der Waals surface area contributed by atoms with E-state index in [-0.39, 0.29) is 5.56 Å². The Morgan fingerprint density at radius 3 is 2.70 bits per heavy atom. The summed E-state index contributed by atoms with van der Waals surface area (Å²) < 4.78 is 7.16. The van der Waals surface area contributed by atoms with Gasteiger partial charge in [0, 0.05) is 38.9 Å². The number of nitrogens with zero attached hydrogens (tertiary/aromatic N) is 2. The van der Waals surface area contributed by atoms with Crippen molar-refractivity contribution in [2.24, 2.45) is 4.99 Å². The Bertz CT molecular complexity index is 799. The Kier molecular flexibility index (Phi) is 8.42. The third-order valence-corrected chi connectivity index (χ3v) is 4.36. The molecule has 0 radical (unpaired) electrons. The molecule has 27 heavy (non-hydrogen) atoms. The molecule has 6 nitrogen and oxygen atoms in total. The van der Waals surface area contributed by atoms with Gasteiger partial charge < -0.3 is 19.9 Å². The van der Waals surface area contributed by atoms with Crippen LogP contribution >= 0.6 is 0 Å². The summed E-state index contributed by atoms with van der Waals surface area (Å²) in [5.74, 6) is 1.71. The average Bonchev–Trinajstić information content (AvgIpc) is 2.68. The van der Waals surface area contributed by atoms with Crippen molar-refractivity contribution in [2.45, 2.75) is 32.7 Å². The van der Waals surface area contributed by atoms with Gasteiger partial charge >= 0.3 is 0 Å². The molecule has 0 saturated carbocycles. The quantitative estimate of drug-likeness (QED) is 0.404. The number of hydrogen-bond acceptors (Lipinski definition) is 3. The molecule has 2 N–H and O–H groups in total. The first-order valence-corrected chi connectivity index (χ1v) is 9.37. The second-order valence-corrected chi connectivity index (χ2v) is 6.43. The maximum Gasteiger partial charge on any atom is 0.250 e. The number of unbranched alkanes of at least 4 members (excludes halogenated alkanes) is 1. The lowest BCUT2D eigenvalue weighted by atomic mass is 10.1. The molecule has 1 aromatic heterocycles. The Hall–Kier alpha value is -2.76. The van der Waals surface area contributed by atoms with Crippen LogP contribution in [-0.2, 0) is 13.0 Å². The molecule has 146 valence electrons. The number of guanidine groups is 1. The van der Waals surface area contributed by atoms with E-state index >= 15 is 0 Å². The number of aromatic nitrogens is 1. The lowest BCUT2D eigenvalue weighted by Crippen LogP contribution is -2.38. The van der Waals surface area contributed by atoms with E-state index in [0.29, 0.717) is 0 Å². The SMILES string of the molecule is CN=C(NCCCCn1ccccc1=O)NCCc1cc(C)ccc1OC. The Morgan fingerprint density at radius 1 is 1.15 bits per heavy atom. The summed E-state index contributed by atoms with van der Waals surface area (Å²) in [6.07, 6.45) is 4.60. The van der Waals surface area contributed by atoms with Crippen molar-refractivity contribution in [2.75, 3.05) is 27.2 Å². The minimum atomic E-state index is 0.0505. The fraction of sp³-hybridized carbons (Fsp3) is 0.429. The first kappa shape index (κ1) is 20.6. The highest BCUT2D eigenvalue weighted by molar-refractivity contribution is 5.79. The lowest BCUT2D eigenvalue weighted by Gasteiger charge is -2.13. The van der Waals surface area contributed by atoms with Crippen molar-refractivity contribution in [3.63, 3.8) is 0 Å². The summed E-state index contributed by atoms with van der Waals surface area (Å²) in [4.78, 5) is 15.9. The van der Waals surface area contributed by atoms with E-state index in [4.69, 9.17) is 4.74 Å². The van der Waals surface area contributed by atoms with Gasteiger partial charge in [-0.25, -0.2) is 0 Å². The fourth-order valence-electron chi connectivity index (χ4n) is 2.90. The van der Waals surface area contributed by atoms with Crippen LogP contribution in [0.15, 0.2) is 52.4 Å². The summed E-state index contributed by atoms with van der Waals surface area (Å²) in [5, 5.41) is 6.65. The molecule has 0 bridgehead atoms. The molecule has 1 heterocycles. The Morgan fingerprint density at radius 2 is 1.96 bits per heavy atom. The monoisotopic (exact) mass is 370 g/mol. The number of aliphatic imine (C=N–C) groups is 1. The zero-order chi connectivity index (χ0) is 19.5. The van der Waals surface area contributed by atoms with Gasteiger partial charge in [-0.1, -0.05) is 23.8 Å². The van der Waals surface area contributed by atoms with E-state index in [1.807, 2.05) is 18.3 Å². The molecule has 0 spiro atoms. The van der Waals surface area contributed by atoms with Crippen LogP contribution in [0.1, 0.15) is 24.0 Å². The molecule has 6 heteroatoms. The molecule has 0 saturated heterocycles. The van der Waals surface area contributed by atoms with Crippen LogP contribution in [0.25, 0.3) is 0 Å². The third-order valence-electron chi connectivity index (χ3n) is 4.36. The van der Waals surface area contributed by atoms with Crippen LogP contribution in [0.3, 0.4) is 0 Å². The summed E-state index contributed by atoms with van der Waals surface area (Å²) in [6, 6.07) is 11.5. The molecule has 0 unspecified atom stereocenters. The molecule has 0 atom stereocenters. The third kappa shape index (κ3) is 6.81. The van der Waals surface area contributed by atoms with Crippen LogP contribution in [0, 0.1) is 6.92 Å². The van der Waals surface area contributed by atoms with E-state index in [0.717, 1.165) is 50.6 Å². The average molecular weight is 370 g/mol. The summed E-state index contributed by atoms with van der Waals surface area (Å²) in [5.41, 5.74) is 2.47. The van der Waals surface area contributed by atoms with Crippen molar-refractivity contribution < 1.29 is 4.74 Å². The normalized spacial score (nSPS) is 11.3. The first-order valence-electron chi connectivity index (χ1n) is 9.37. The van der Waals surface area contributed by atoms with Gasteiger partial charge in [-0.05, 0) is 43.9 Å². The van der Waals surface area contributed by atoms with Gasteiger partial charge in [-0.2, -0.15) is 0 Å². The summed E-state index contributed by atoms with van der Waals surface area (Å²) >= 11 is 0. The molecular formula is C21H30N4O2. The van der Waals surface area contributed by atoms with Crippen LogP contribution in [0.4, 0.5) is 0 Å². The highest BCUT2D eigenvalue weighted by atomic mass is 16.5. The second-order valence-electron chi connectivity index (χ2n) is 6.43.